The van der Waals surface area contributed by atoms with Crippen molar-refractivity contribution in [3.63, 3.8) is 0 Å². The van der Waals surface area contributed by atoms with Gasteiger partial charge in [-0.1, -0.05) is 0 Å². The zero-order chi connectivity index (χ0) is 9.90. The molecule has 0 saturated heterocycles. The zero-order valence-corrected chi connectivity index (χ0v) is 8.91. The van der Waals surface area contributed by atoms with E-state index in [1.807, 2.05) is 0 Å². The average molecular weight is 220 g/mol. The minimum absolute atomic E-state index is 0.346. The molecule has 6 heteroatoms. The van der Waals surface area contributed by atoms with Crippen LogP contribution in [0.2, 0.25) is 0 Å². The number of sulfonamides is 1. The van der Waals surface area contributed by atoms with Crippen LogP contribution in [0, 0.1) is 0 Å². The number of rotatable bonds is 4. The molecule has 0 radical (unpaired) electrons. The summed E-state index contributed by atoms with van der Waals surface area (Å²) in [7, 11) is -1.87. The molecule has 0 saturated carbocycles. The quantitative estimate of drug-likeness (QED) is 0.759. The molecule has 0 aliphatic carbocycles. The van der Waals surface area contributed by atoms with E-state index >= 15 is 0 Å². The van der Waals surface area contributed by atoms with Crippen molar-refractivity contribution in [3.05, 3.63) is 17.0 Å². The Labute approximate surface area is 81.8 Å². The maximum atomic E-state index is 11.3. The molecule has 1 aromatic rings. The molecular formula is C7H12N2O2S2. The maximum Gasteiger partial charge on any atom is 0.249 e. The van der Waals surface area contributed by atoms with Crippen molar-refractivity contribution in [2.45, 2.75) is 10.6 Å². The van der Waals surface area contributed by atoms with Gasteiger partial charge in [0, 0.05) is 4.88 Å². The van der Waals surface area contributed by atoms with Gasteiger partial charge < -0.3 is 5.73 Å². The molecule has 0 amide bonds. The van der Waals surface area contributed by atoms with Crippen LogP contribution in [-0.4, -0.2) is 22.0 Å². The van der Waals surface area contributed by atoms with Crippen LogP contribution in [0.15, 0.2) is 16.3 Å². The third-order valence-electron chi connectivity index (χ3n) is 1.56. The van der Waals surface area contributed by atoms with Crippen LogP contribution in [0.3, 0.4) is 0 Å². The van der Waals surface area contributed by atoms with Crippen molar-refractivity contribution in [3.8, 4) is 0 Å². The Morgan fingerprint density at radius 3 is 2.77 bits per heavy atom. The summed E-state index contributed by atoms with van der Waals surface area (Å²) in [4.78, 5) is 0.997. The molecule has 0 aromatic carbocycles. The van der Waals surface area contributed by atoms with Crippen molar-refractivity contribution >= 4 is 21.4 Å². The molecule has 0 atom stereocenters. The van der Waals surface area contributed by atoms with Gasteiger partial charge in [0.05, 0.1) is 0 Å². The van der Waals surface area contributed by atoms with Crippen molar-refractivity contribution in [2.24, 2.45) is 5.73 Å². The van der Waals surface area contributed by atoms with Gasteiger partial charge in [-0.3, -0.25) is 0 Å². The van der Waals surface area contributed by atoms with Crippen molar-refractivity contribution in [1.29, 1.82) is 0 Å². The maximum absolute atomic E-state index is 11.3. The largest absolute Gasteiger partial charge is 0.330 e. The molecule has 1 rings (SSSR count). The molecule has 3 N–H and O–H groups in total. The van der Waals surface area contributed by atoms with E-state index in [-0.39, 0.29) is 0 Å². The van der Waals surface area contributed by atoms with Gasteiger partial charge in [-0.15, -0.1) is 11.3 Å². The molecule has 74 valence electrons. The van der Waals surface area contributed by atoms with Crippen LogP contribution in [0.4, 0.5) is 0 Å². The van der Waals surface area contributed by atoms with E-state index in [1.165, 1.54) is 18.4 Å². The van der Waals surface area contributed by atoms with Gasteiger partial charge >= 0.3 is 0 Å². The summed E-state index contributed by atoms with van der Waals surface area (Å²) in [6.07, 6.45) is 0.726. The molecule has 0 bridgehead atoms. The normalized spacial score (nSPS) is 11.8. The van der Waals surface area contributed by atoms with Crippen molar-refractivity contribution < 1.29 is 8.42 Å². The minimum Gasteiger partial charge on any atom is -0.330 e. The predicted octanol–water partition coefficient (Wildman–Crippen LogP) is 0.157. The summed E-state index contributed by atoms with van der Waals surface area (Å²) >= 11 is 1.26. The van der Waals surface area contributed by atoms with Crippen LogP contribution < -0.4 is 10.5 Å². The van der Waals surface area contributed by atoms with Gasteiger partial charge in [-0.25, -0.2) is 13.1 Å². The van der Waals surface area contributed by atoms with Crippen LogP contribution in [0.1, 0.15) is 4.88 Å². The summed E-state index contributed by atoms with van der Waals surface area (Å²) < 4.78 is 25.2. The first-order valence-electron chi connectivity index (χ1n) is 3.82. The van der Waals surface area contributed by atoms with Gasteiger partial charge in [0.2, 0.25) is 10.0 Å². The lowest BCUT2D eigenvalue weighted by atomic mass is 10.3. The number of nitrogens with two attached hydrogens (primary N) is 1. The van der Waals surface area contributed by atoms with Gasteiger partial charge in [0.1, 0.15) is 4.21 Å². The molecule has 0 unspecified atom stereocenters. The van der Waals surface area contributed by atoms with E-state index in [9.17, 15) is 8.42 Å². The molecule has 0 fully saturated rings. The second-order valence-corrected chi connectivity index (χ2v) is 5.75. The number of thiophene rings is 1. The van der Waals surface area contributed by atoms with E-state index in [4.69, 9.17) is 5.73 Å². The van der Waals surface area contributed by atoms with Gasteiger partial charge in [0.15, 0.2) is 0 Å². The first-order chi connectivity index (χ1) is 6.10. The molecule has 4 nitrogen and oxygen atoms in total. The standard InChI is InChI=1S/C7H12N2O2S2/c1-9-13(10,11)7-3-2-6(12-7)4-5-8/h2-3,9H,4-5,8H2,1H3. The second kappa shape index (κ2) is 4.19. The van der Waals surface area contributed by atoms with Crippen molar-refractivity contribution in [1.82, 2.24) is 4.72 Å². The second-order valence-electron chi connectivity index (χ2n) is 2.47. The summed E-state index contributed by atoms with van der Waals surface area (Å²) in [6, 6.07) is 3.39. The van der Waals surface area contributed by atoms with Gasteiger partial charge in [-0.2, -0.15) is 0 Å². The van der Waals surface area contributed by atoms with E-state index < -0.39 is 10.0 Å². The number of hydrogen-bond donors (Lipinski definition) is 2. The van der Waals surface area contributed by atoms with Gasteiger partial charge in [-0.05, 0) is 32.1 Å². The Hall–Kier alpha value is -0.430. The molecular weight excluding hydrogens is 208 g/mol. The average Bonchev–Trinajstić information content (AvgIpc) is 2.54. The monoisotopic (exact) mass is 220 g/mol. The van der Waals surface area contributed by atoms with Crippen LogP contribution >= 0.6 is 11.3 Å². The summed E-state index contributed by atoms with van der Waals surface area (Å²) in [5.74, 6) is 0. The number of hydrogen-bond acceptors (Lipinski definition) is 4. The lowest BCUT2D eigenvalue weighted by Crippen LogP contribution is -2.17. The zero-order valence-electron chi connectivity index (χ0n) is 7.28. The minimum atomic E-state index is -3.27. The molecule has 0 aliphatic rings. The predicted molar refractivity (Wildman–Crippen MR) is 53.3 cm³/mol. The summed E-state index contributed by atoms with van der Waals surface area (Å²) in [6.45, 7) is 0.541. The van der Waals surface area contributed by atoms with Gasteiger partial charge in [0.25, 0.3) is 0 Å². The lowest BCUT2D eigenvalue weighted by molar-refractivity contribution is 0.590. The smallest absolute Gasteiger partial charge is 0.249 e. The fraction of sp³-hybridized carbons (Fsp3) is 0.429. The SMILES string of the molecule is CNS(=O)(=O)c1ccc(CCN)s1. The Balaban J connectivity index is 2.92. The topological polar surface area (TPSA) is 72.2 Å². The molecule has 13 heavy (non-hydrogen) atoms. The summed E-state index contributed by atoms with van der Waals surface area (Å²) in [5, 5.41) is 0. The Bertz CT molecular complexity index is 370. The highest BCUT2D eigenvalue weighted by atomic mass is 32.2. The highest BCUT2D eigenvalue weighted by Crippen LogP contribution is 2.21. The van der Waals surface area contributed by atoms with Crippen molar-refractivity contribution in [2.75, 3.05) is 13.6 Å². The highest BCUT2D eigenvalue weighted by molar-refractivity contribution is 7.91. The first kappa shape index (κ1) is 10.6. The third-order valence-corrected chi connectivity index (χ3v) is 4.61. The Morgan fingerprint density at radius 1 is 1.54 bits per heavy atom. The van der Waals surface area contributed by atoms with Crippen LogP contribution in [0.25, 0.3) is 0 Å². The van der Waals surface area contributed by atoms with Crippen LogP contribution in [-0.2, 0) is 16.4 Å². The first-order valence-corrected chi connectivity index (χ1v) is 6.12. The molecule has 0 aliphatic heterocycles. The Morgan fingerprint density at radius 2 is 2.23 bits per heavy atom. The highest BCUT2D eigenvalue weighted by Gasteiger charge is 2.13. The molecule has 0 spiro atoms. The van der Waals surface area contributed by atoms with E-state index in [2.05, 4.69) is 4.72 Å². The fourth-order valence-corrected chi connectivity index (χ4v) is 3.09. The van der Waals surface area contributed by atoms with E-state index in [0.717, 1.165) is 11.3 Å². The fourth-order valence-electron chi connectivity index (χ4n) is 0.880. The molecule has 1 aromatic heterocycles. The third kappa shape index (κ3) is 2.50. The number of nitrogens with one attached hydrogen (secondary N) is 1. The van der Waals surface area contributed by atoms with Crippen LogP contribution in [0.5, 0.6) is 0 Å². The Kier molecular flexibility index (Phi) is 3.43. The molecule has 1 heterocycles. The summed E-state index contributed by atoms with van der Waals surface area (Å²) in [5.41, 5.74) is 5.35. The van der Waals surface area contributed by atoms with E-state index in [0.29, 0.717) is 10.8 Å². The van der Waals surface area contributed by atoms with E-state index in [1.54, 1.807) is 12.1 Å². The lowest BCUT2D eigenvalue weighted by Gasteiger charge is -1.96.